The molecule has 2 amide bonds. The average molecular weight is 330 g/mol. The number of carbonyl (C=O) groups is 2. The monoisotopic (exact) mass is 330 g/mol. The molecule has 24 heavy (non-hydrogen) atoms. The molecule has 2 N–H and O–H groups in total. The number of rotatable bonds is 8. The molecule has 0 saturated heterocycles. The maximum atomic E-state index is 11.9. The van der Waals surface area contributed by atoms with Gasteiger partial charge < -0.3 is 19.8 Å². The van der Waals surface area contributed by atoms with Crippen LogP contribution in [0.25, 0.3) is 0 Å². The second-order valence-corrected chi connectivity index (χ2v) is 5.51. The molecule has 1 heterocycles. The van der Waals surface area contributed by atoms with Gasteiger partial charge in [-0.15, -0.1) is 0 Å². The largest absolute Gasteiger partial charge is 0.484 e. The highest BCUT2D eigenvalue weighted by atomic mass is 16.5. The van der Waals surface area contributed by atoms with Crippen molar-refractivity contribution in [1.82, 2.24) is 5.32 Å². The van der Waals surface area contributed by atoms with E-state index in [0.29, 0.717) is 11.4 Å². The number of hydrogen-bond donors (Lipinski definition) is 2. The van der Waals surface area contributed by atoms with E-state index in [1.807, 2.05) is 6.92 Å². The summed E-state index contributed by atoms with van der Waals surface area (Å²) in [6.45, 7) is 3.97. The van der Waals surface area contributed by atoms with Crippen molar-refractivity contribution < 1.29 is 18.7 Å². The number of amides is 2. The van der Waals surface area contributed by atoms with E-state index in [1.165, 1.54) is 6.26 Å². The highest BCUT2D eigenvalue weighted by Crippen LogP contribution is 2.18. The molecule has 0 aliphatic heterocycles. The predicted octanol–water partition coefficient (Wildman–Crippen LogP) is 3.22. The zero-order valence-electron chi connectivity index (χ0n) is 13.9. The van der Waals surface area contributed by atoms with Crippen LogP contribution in [0.4, 0.5) is 5.69 Å². The van der Waals surface area contributed by atoms with Gasteiger partial charge in [0.1, 0.15) is 5.75 Å². The third kappa shape index (κ3) is 5.46. The molecule has 0 spiro atoms. The van der Waals surface area contributed by atoms with Crippen LogP contribution in [0.2, 0.25) is 0 Å². The lowest BCUT2D eigenvalue weighted by Crippen LogP contribution is -2.35. The van der Waals surface area contributed by atoms with Gasteiger partial charge in [0.25, 0.3) is 11.8 Å². The molecule has 1 unspecified atom stereocenters. The molecule has 1 aromatic carbocycles. The molecule has 6 heteroatoms. The highest BCUT2D eigenvalue weighted by molar-refractivity contribution is 6.02. The van der Waals surface area contributed by atoms with Crippen molar-refractivity contribution >= 4 is 17.5 Å². The predicted molar refractivity (Wildman–Crippen MR) is 91.1 cm³/mol. The fraction of sp³-hybridized carbons (Fsp3) is 0.333. The minimum atomic E-state index is -0.344. The minimum Gasteiger partial charge on any atom is -0.484 e. The Kier molecular flexibility index (Phi) is 6.42. The molecule has 0 aliphatic carbocycles. The third-order valence-corrected chi connectivity index (χ3v) is 3.34. The van der Waals surface area contributed by atoms with E-state index in [-0.39, 0.29) is 30.2 Å². The summed E-state index contributed by atoms with van der Waals surface area (Å²) in [5.41, 5.74) is 0.564. The van der Waals surface area contributed by atoms with Gasteiger partial charge in [-0.05, 0) is 37.6 Å². The molecule has 0 bridgehead atoms. The van der Waals surface area contributed by atoms with Crippen LogP contribution < -0.4 is 15.4 Å². The van der Waals surface area contributed by atoms with Gasteiger partial charge in [-0.25, -0.2) is 0 Å². The Labute approximate surface area is 141 Å². The number of carbonyl (C=O) groups excluding carboxylic acids is 2. The lowest BCUT2D eigenvalue weighted by Gasteiger charge is -2.13. The van der Waals surface area contributed by atoms with Crippen LogP contribution in [0.5, 0.6) is 5.75 Å². The van der Waals surface area contributed by atoms with Gasteiger partial charge in [0.2, 0.25) is 0 Å². The van der Waals surface area contributed by atoms with Crippen molar-refractivity contribution in [2.45, 2.75) is 32.7 Å². The fourth-order valence-electron chi connectivity index (χ4n) is 2.23. The molecular weight excluding hydrogens is 308 g/mol. The van der Waals surface area contributed by atoms with Crippen LogP contribution in [0.1, 0.15) is 37.2 Å². The Bertz CT molecular complexity index is 667. The summed E-state index contributed by atoms with van der Waals surface area (Å²) in [5.74, 6) is 0.223. The lowest BCUT2D eigenvalue weighted by molar-refractivity contribution is -0.123. The van der Waals surface area contributed by atoms with E-state index in [1.54, 1.807) is 36.4 Å². The first-order valence-corrected chi connectivity index (χ1v) is 7.95. The Morgan fingerprint density at radius 3 is 2.79 bits per heavy atom. The van der Waals surface area contributed by atoms with Gasteiger partial charge in [-0.3, -0.25) is 9.59 Å². The first-order valence-electron chi connectivity index (χ1n) is 7.95. The maximum Gasteiger partial charge on any atom is 0.291 e. The number of ether oxygens (including phenoxy) is 1. The van der Waals surface area contributed by atoms with Crippen molar-refractivity contribution in [3.63, 3.8) is 0 Å². The zero-order chi connectivity index (χ0) is 17.4. The van der Waals surface area contributed by atoms with Crippen molar-refractivity contribution in [3.05, 3.63) is 48.4 Å². The second kappa shape index (κ2) is 8.76. The van der Waals surface area contributed by atoms with Crippen LogP contribution in [0, 0.1) is 0 Å². The Balaban J connectivity index is 1.86. The van der Waals surface area contributed by atoms with Crippen LogP contribution in [-0.2, 0) is 4.79 Å². The summed E-state index contributed by atoms with van der Waals surface area (Å²) in [6.07, 6.45) is 3.38. The molecule has 128 valence electrons. The number of nitrogens with one attached hydrogen (secondary N) is 2. The molecule has 0 radical (unpaired) electrons. The topological polar surface area (TPSA) is 80.6 Å². The van der Waals surface area contributed by atoms with Crippen LogP contribution in [0.15, 0.2) is 47.1 Å². The van der Waals surface area contributed by atoms with Crippen molar-refractivity contribution in [1.29, 1.82) is 0 Å². The molecule has 0 fully saturated rings. The van der Waals surface area contributed by atoms with Crippen molar-refractivity contribution in [2.24, 2.45) is 0 Å². The number of benzene rings is 1. The van der Waals surface area contributed by atoms with E-state index in [0.717, 1.165) is 12.8 Å². The van der Waals surface area contributed by atoms with Gasteiger partial charge in [-0.1, -0.05) is 19.4 Å². The van der Waals surface area contributed by atoms with E-state index in [9.17, 15) is 9.59 Å². The number of anilines is 1. The zero-order valence-corrected chi connectivity index (χ0v) is 13.9. The Hall–Kier alpha value is -2.76. The first kappa shape index (κ1) is 17.6. The smallest absolute Gasteiger partial charge is 0.291 e. The summed E-state index contributed by atoms with van der Waals surface area (Å²) in [6, 6.07) is 10.2. The van der Waals surface area contributed by atoms with Gasteiger partial charge in [0, 0.05) is 17.8 Å². The van der Waals surface area contributed by atoms with E-state index in [2.05, 4.69) is 17.6 Å². The molecular formula is C18H22N2O4. The molecule has 1 atom stereocenters. The van der Waals surface area contributed by atoms with E-state index in [4.69, 9.17) is 9.15 Å². The summed E-state index contributed by atoms with van der Waals surface area (Å²) < 4.78 is 10.5. The van der Waals surface area contributed by atoms with E-state index < -0.39 is 0 Å². The minimum absolute atomic E-state index is 0.0658. The lowest BCUT2D eigenvalue weighted by atomic mass is 10.2. The molecule has 6 nitrogen and oxygen atoms in total. The van der Waals surface area contributed by atoms with Gasteiger partial charge in [-0.2, -0.15) is 0 Å². The number of hydrogen-bond acceptors (Lipinski definition) is 4. The van der Waals surface area contributed by atoms with Gasteiger partial charge in [0.15, 0.2) is 12.4 Å². The SMILES string of the molecule is CCCC(C)NC(=O)COc1cccc(NC(=O)c2ccco2)c1. The van der Waals surface area contributed by atoms with Gasteiger partial charge >= 0.3 is 0 Å². The van der Waals surface area contributed by atoms with E-state index >= 15 is 0 Å². The Morgan fingerprint density at radius 2 is 2.08 bits per heavy atom. The highest BCUT2D eigenvalue weighted by Gasteiger charge is 2.10. The molecule has 2 aromatic rings. The summed E-state index contributed by atoms with van der Waals surface area (Å²) in [7, 11) is 0. The Morgan fingerprint density at radius 1 is 1.25 bits per heavy atom. The molecule has 0 saturated carbocycles. The summed E-state index contributed by atoms with van der Waals surface area (Å²) in [5, 5.41) is 5.58. The third-order valence-electron chi connectivity index (χ3n) is 3.34. The summed E-state index contributed by atoms with van der Waals surface area (Å²) >= 11 is 0. The fourth-order valence-corrected chi connectivity index (χ4v) is 2.23. The van der Waals surface area contributed by atoms with Crippen molar-refractivity contribution in [3.8, 4) is 5.75 Å². The standard InChI is InChI=1S/C18H22N2O4/c1-3-6-13(2)19-17(21)12-24-15-8-4-7-14(11-15)20-18(22)16-9-5-10-23-16/h4-5,7-11,13H,3,6,12H2,1-2H3,(H,19,21)(H,20,22). The molecule has 1 aromatic heterocycles. The molecule has 2 rings (SSSR count). The summed E-state index contributed by atoms with van der Waals surface area (Å²) in [4.78, 5) is 23.7. The van der Waals surface area contributed by atoms with Crippen LogP contribution >= 0.6 is 0 Å². The van der Waals surface area contributed by atoms with Crippen LogP contribution in [-0.4, -0.2) is 24.5 Å². The van der Waals surface area contributed by atoms with Crippen molar-refractivity contribution in [2.75, 3.05) is 11.9 Å². The normalized spacial score (nSPS) is 11.6. The number of furan rings is 1. The first-order chi connectivity index (χ1) is 11.6. The van der Waals surface area contributed by atoms with Crippen LogP contribution in [0.3, 0.4) is 0 Å². The quantitative estimate of drug-likeness (QED) is 0.779. The maximum absolute atomic E-state index is 11.9. The average Bonchev–Trinajstić information content (AvgIpc) is 3.08. The second-order valence-electron chi connectivity index (χ2n) is 5.51. The molecule has 0 aliphatic rings. The van der Waals surface area contributed by atoms with Gasteiger partial charge in [0.05, 0.1) is 6.26 Å².